The summed E-state index contributed by atoms with van der Waals surface area (Å²) in [6.07, 6.45) is 0.166. The molecule has 140 valence electrons. The summed E-state index contributed by atoms with van der Waals surface area (Å²) in [5.74, 6) is 0.0324. The molecule has 0 bridgehead atoms. The molecule has 0 amide bonds. The van der Waals surface area contributed by atoms with Gasteiger partial charge in [-0.2, -0.15) is 0 Å². The standard InChI is InChI=1S/C23H29F2N/c1-17(26(2)16-19-6-4-3-5-7-19)8-9-18-10-12-20(13-11-18)21-14-22(24)23(25)15-21/h3-7,10-13,17,21-23H,8-9,14-16H2,1-2H3. The number of nitrogens with zero attached hydrogens (tertiary/aromatic N) is 1. The van der Waals surface area contributed by atoms with Crippen LogP contribution >= 0.6 is 0 Å². The van der Waals surface area contributed by atoms with E-state index in [9.17, 15) is 8.78 Å². The second kappa shape index (κ2) is 8.77. The molecule has 0 aliphatic heterocycles. The highest BCUT2D eigenvalue weighted by molar-refractivity contribution is 5.27. The van der Waals surface area contributed by atoms with Crippen LogP contribution in [-0.4, -0.2) is 30.3 Å². The molecule has 0 heterocycles. The van der Waals surface area contributed by atoms with Crippen LogP contribution in [0.1, 0.15) is 48.8 Å². The number of hydrogen-bond acceptors (Lipinski definition) is 1. The molecule has 1 aliphatic carbocycles. The Morgan fingerprint density at radius 3 is 2.15 bits per heavy atom. The number of alkyl halides is 2. The van der Waals surface area contributed by atoms with Gasteiger partial charge in [0.25, 0.3) is 0 Å². The second-order valence-electron chi connectivity index (χ2n) is 7.73. The molecule has 1 nitrogen and oxygen atoms in total. The van der Waals surface area contributed by atoms with Crippen molar-refractivity contribution in [3.8, 4) is 0 Å². The fourth-order valence-corrected chi connectivity index (χ4v) is 3.79. The quantitative estimate of drug-likeness (QED) is 0.615. The van der Waals surface area contributed by atoms with Crippen molar-refractivity contribution in [1.29, 1.82) is 0 Å². The Hall–Kier alpha value is -1.74. The first-order valence-electron chi connectivity index (χ1n) is 9.64. The maximum atomic E-state index is 13.4. The lowest BCUT2D eigenvalue weighted by atomic mass is 9.95. The van der Waals surface area contributed by atoms with Gasteiger partial charge in [-0.15, -0.1) is 0 Å². The van der Waals surface area contributed by atoms with Gasteiger partial charge >= 0.3 is 0 Å². The van der Waals surface area contributed by atoms with Crippen molar-refractivity contribution in [3.63, 3.8) is 0 Å². The predicted molar refractivity (Wildman–Crippen MR) is 104 cm³/mol. The molecule has 3 unspecified atom stereocenters. The lowest BCUT2D eigenvalue weighted by Crippen LogP contribution is -2.28. The monoisotopic (exact) mass is 357 g/mol. The van der Waals surface area contributed by atoms with Gasteiger partial charge in [-0.05, 0) is 62.3 Å². The maximum Gasteiger partial charge on any atom is 0.132 e. The van der Waals surface area contributed by atoms with Crippen molar-refractivity contribution in [2.75, 3.05) is 7.05 Å². The highest BCUT2D eigenvalue weighted by Crippen LogP contribution is 2.38. The minimum atomic E-state index is -1.29. The number of halogens is 2. The van der Waals surface area contributed by atoms with Crippen molar-refractivity contribution < 1.29 is 8.78 Å². The minimum absolute atomic E-state index is 0.0324. The van der Waals surface area contributed by atoms with Gasteiger partial charge in [0.2, 0.25) is 0 Å². The van der Waals surface area contributed by atoms with Crippen LogP contribution in [0.25, 0.3) is 0 Å². The Kier molecular flexibility index (Phi) is 6.42. The predicted octanol–water partition coefficient (Wildman–Crippen LogP) is 5.69. The van der Waals surface area contributed by atoms with Crippen LogP contribution in [0, 0.1) is 0 Å². The van der Waals surface area contributed by atoms with E-state index in [0.717, 1.165) is 24.9 Å². The van der Waals surface area contributed by atoms with Crippen molar-refractivity contribution >= 4 is 0 Å². The minimum Gasteiger partial charge on any atom is -0.299 e. The lowest BCUT2D eigenvalue weighted by Gasteiger charge is -2.25. The molecule has 2 aromatic rings. The van der Waals surface area contributed by atoms with Crippen LogP contribution in [0.5, 0.6) is 0 Å². The highest BCUT2D eigenvalue weighted by atomic mass is 19.2. The molecule has 3 atom stereocenters. The largest absolute Gasteiger partial charge is 0.299 e. The van der Waals surface area contributed by atoms with Crippen molar-refractivity contribution in [2.45, 2.75) is 63.5 Å². The van der Waals surface area contributed by atoms with Crippen molar-refractivity contribution in [1.82, 2.24) is 4.90 Å². The Labute approximate surface area is 156 Å². The first kappa shape index (κ1) is 19.0. The van der Waals surface area contributed by atoms with Gasteiger partial charge in [-0.1, -0.05) is 54.6 Å². The fourth-order valence-electron chi connectivity index (χ4n) is 3.79. The van der Waals surface area contributed by atoms with Gasteiger partial charge in [0, 0.05) is 12.6 Å². The smallest absolute Gasteiger partial charge is 0.132 e. The van der Waals surface area contributed by atoms with Crippen LogP contribution in [0.2, 0.25) is 0 Å². The van der Waals surface area contributed by atoms with Crippen molar-refractivity contribution in [2.24, 2.45) is 0 Å². The van der Waals surface area contributed by atoms with Gasteiger partial charge in [-0.3, -0.25) is 4.90 Å². The normalized spacial score (nSPS) is 24.1. The Balaban J connectivity index is 1.48. The van der Waals surface area contributed by atoms with Crippen molar-refractivity contribution in [3.05, 3.63) is 71.3 Å². The first-order valence-corrected chi connectivity index (χ1v) is 9.64. The van der Waals surface area contributed by atoms with E-state index < -0.39 is 12.3 Å². The lowest BCUT2D eigenvalue weighted by molar-refractivity contribution is 0.199. The van der Waals surface area contributed by atoms with E-state index in [4.69, 9.17) is 0 Å². The third-order valence-corrected chi connectivity index (χ3v) is 5.74. The summed E-state index contributed by atoms with van der Waals surface area (Å²) in [6, 6.07) is 19.4. The summed E-state index contributed by atoms with van der Waals surface area (Å²) in [5.41, 5.74) is 3.70. The Morgan fingerprint density at radius 1 is 0.923 bits per heavy atom. The molecule has 1 aliphatic rings. The summed E-state index contributed by atoms with van der Waals surface area (Å²) in [7, 11) is 2.17. The zero-order valence-corrected chi connectivity index (χ0v) is 15.7. The van der Waals surface area contributed by atoms with Crippen LogP contribution in [-0.2, 0) is 13.0 Å². The number of rotatable bonds is 7. The van der Waals surface area contributed by atoms with Crippen LogP contribution in [0.15, 0.2) is 54.6 Å². The summed E-state index contributed by atoms with van der Waals surface area (Å²) >= 11 is 0. The van der Waals surface area contributed by atoms with Gasteiger partial charge in [0.1, 0.15) is 12.3 Å². The zero-order valence-electron chi connectivity index (χ0n) is 15.7. The molecule has 0 radical (unpaired) electrons. The number of benzene rings is 2. The summed E-state index contributed by atoms with van der Waals surface area (Å²) < 4.78 is 26.8. The molecule has 3 heteroatoms. The molecule has 26 heavy (non-hydrogen) atoms. The molecule has 0 saturated heterocycles. The molecule has 2 aromatic carbocycles. The van der Waals surface area contributed by atoms with Gasteiger partial charge < -0.3 is 0 Å². The van der Waals surface area contributed by atoms with Gasteiger partial charge in [0.15, 0.2) is 0 Å². The SMILES string of the molecule is CC(CCc1ccc(C2CC(F)C(F)C2)cc1)N(C)Cc1ccccc1. The number of hydrogen-bond donors (Lipinski definition) is 0. The third-order valence-electron chi connectivity index (χ3n) is 5.74. The summed E-state index contributed by atoms with van der Waals surface area (Å²) in [6.45, 7) is 3.22. The molecular formula is C23H29F2N. The van der Waals surface area contributed by atoms with Gasteiger partial charge in [0.05, 0.1) is 0 Å². The molecule has 0 aromatic heterocycles. The van der Waals surface area contributed by atoms with E-state index in [1.54, 1.807) is 0 Å². The zero-order chi connectivity index (χ0) is 18.5. The summed E-state index contributed by atoms with van der Waals surface area (Å²) in [4.78, 5) is 2.38. The van der Waals surface area contributed by atoms with E-state index in [1.807, 2.05) is 6.07 Å². The summed E-state index contributed by atoms with van der Waals surface area (Å²) in [5, 5.41) is 0. The average Bonchev–Trinajstić information content (AvgIpc) is 2.99. The van der Waals surface area contributed by atoms with E-state index >= 15 is 0 Å². The fraction of sp³-hybridized carbons (Fsp3) is 0.478. The van der Waals surface area contributed by atoms with E-state index in [-0.39, 0.29) is 5.92 Å². The Bertz CT molecular complexity index is 660. The van der Waals surface area contributed by atoms with E-state index in [0.29, 0.717) is 18.9 Å². The topological polar surface area (TPSA) is 3.24 Å². The number of aryl methyl sites for hydroxylation is 1. The van der Waals surface area contributed by atoms with E-state index in [2.05, 4.69) is 67.4 Å². The van der Waals surface area contributed by atoms with Crippen LogP contribution in [0.3, 0.4) is 0 Å². The molecule has 3 rings (SSSR count). The maximum absolute atomic E-state index is 13.4. The average molecular weight is 357 g/mol. The van der Waals surface area contributed by atoms with E-state index in [1.165, 1.54) is 11.1 Å². The molecule has 1 fully saturated rings. The van der Waals surface area contributed by atoms with Gasteiger partial charge in [-0.25, -0.2) is 8.78 Å². The first-order chi connectivity index (χ1) is 12.5. The molecule has 0 N–H and O–H groups in total. The van der Waals surface area contributed by atoms with Crippen LogP contribution < -0.4 is 0 Å². The molecule has 1 saturated carbocycles. The van der Waals surface area contributed by atoms with Crippen LogP contribution in [0.4, 0.5) is 8.78 Å². The Morgan fingerprint density at radius 2 is 1.54 bits per heavy atom. The second-order valence-corrected chi connectivity index (χ2v) is 7.73. The molecule has 0 spiro atoms. The third kappa shape index (κ3) is 4.91. The highest BCUT2D eigenvalue weighted by Gasteiger charge is 2.35. The molecular weight excluding hydrogens is 328 g/mol.